The highest BCUT2D eigenvalue weighted by molar-refractivity contribution is 7.17. The number of anilines is 1. The molecular formula is C30H29ClN2O6S. The number of aryl methyl sites for hydroxylation is 1. The molecule has 1 unspecified atom stereocenters. The average Bonchev–Trinajstić information content (AvgIpc) is 3.43. The van der Waals surface area contributed by atoms with Gasteiger partial charge < -0.3 is 13.9 Å². The van der Waals surface area contributed by atoms with Crippen molar-refractivity contribution in [1.29, 1.82) is 0 Å². The number of ether oxygens (including phenoxy) is 2. The normalized spacial score (nSPS) is 14.7. The van der Waals surface area contributed by atoms with Gasteiger partial charge in [-0.15, -0.1) is 0 Å². The highest BCUT2D eigenvalue weighted by atomic mass is 35.5. The van der Waals surface area contributed by atoms with Gasteiger partial charge >= 0.3 is 0 Å². The van der Waals surface area contributed by atoms with Gasteiger partial charge in [-0.2, -0.15) is 0 Å². The van der Waals surface area contributed by atoms with E-state index in [4.69, 9.17) is 25.5 Å². The van der Waals surface area contributed by atoms with Crippen LogP contribution >= 0.6 is 22.9 Å². The van der Waals surface area contributed by atoms with Gasteiger partial charge in [0.05, 0.1) is 40.8 Å². The summed E-state index contributed by atoms with van der Waals surface area (Å²) < 4.78 is 17.9. The zero-order valence-corrected chi connectivity index (χ0v) is 24.4. The van der Waals surface area contributed by atoms with E-state index in [9.17, 15) is 14.4 Å². The van der Waals surface area contributed by atoms with Gasteiger partial charge in [0, 0.05) is 11.9 Å². The third-order valence-corrected chi connectivity index (χ3v) is 8.17. The minimum Gasteiger partial charge on any atom is -0.490 e. The predicted octanol–water partition coefficient (Wildman–Crippen LogP) is 6.99. The van der Waals surface area contributed by atoms with Crippen molar-refractivity contribution in [2.24, 2.45) is 5.92 Å². The molecule has 40 heavy (non-hydrogen) atoms. The van der Waals surface area contributed by atoms with E-state index in [-0.39, 0.29) is 33.5 Å². The number of carbonyl (C=O) groups excluding carboxylic acids is 2. The molecule has 2 aromatic heterocycles. The van der Waals surface area contributed by atoms with Crippen molar-refractivity contribution in [2.75, 3.05) is 18.1 Å². The quantitative estimate of drug-likeness (QED) is 0.197. The fraction of sp³-hybridized carbons (Fsp3) is 0.333. The molecule has 0 saturated carbocycles. The molecule has 1 aliphatic rings. The standard InChI is InChI=1S/C30H29ClN2O6S/c1-6-37-23-13-18(7-9-22(23)38-12-11-15(2)3)25-24-26(35)20-14-19(31)8-10-21(20)39-27(24)29(36)33(25)30-32-16(4)28(40-30)17(5)34/h7-10,13-15,25H,6,11-12H2,1-5H3. The Morgan fingerprint density at radius 2 is 1.93 bits per heavy atom. The van der Waals surface area contributed by atoms with Crippen molar-refractivity contribution in [3.05, 3.63) is 79.1 Å². The maximum Gasteiger partial charge on any atom is 0.297 e. The largest absolute Gasteiger partial charge is 0.490 e. The van der Waals surface area contributed by atoms with E-state index in [1.807, 2.05) is 6.92 Å². The van der Waals surface area contributed by atoms with Crippen LogP contribution in [0.2, 0.25) is 5.02 Å². The number of hydrogen-bond donors (Lipinski definition) is 0. The number of amides is 1. The molecule has 0 fully saturated rings. The predicted molar refractivity (Wildman–Crippen MR) is 156 cm³/mol. The minimum atomic E-state index is -0.878. The van der Waals surface area contributed by atoms with Crippen molar-refractivity contribution < 1.29 is 23.5 Å². The number of benzene rings is 2. The Balaban J connectivity index is 1.71. The number of halogens is 1. The molecule has 0 radical (unpaired) electrons. The molecule has 0 aliphatic carbocycles. The monoisotopic (exact) mass is 580 g/mol. The topological polar surface area (TPSA) is 98.9 Å². The average molecular weight is 581 g/mol. The molecular weight excluding hydrogens is 552 g/mol. The summed E-state index contributed by atoms with van der Waals surface area (Å²) in [5, 5.41) is 0.936. The van der Waals surface area contributed by atoms with Crippen molar-refractivity contribution in [1.82, 2.24) is 4.98 Å². The number of hydrogen-bond acceptors (Lipinski definition) is 8. The van der Waals surface area contributed by atoms with E-state index in [2.05, 4.69) is 18.8 Å². The third-order valence-electron chi connectivity index (χ3n) is 6.68. The Kier molecular flexibility index (Phi) is 7.70. The van der Waals surface area contributed by atoms with Gasteiger partial charge in [-0.3, -0.25) is 19.3 Å². The summed E-state index contributed by atoms with van der Waals surface area (Å²) in [6.45, 7) is 10.2. The summed E-state index contributed by atoms with van der Waals surface area (Å²) in [6, 6.07) is 9.20. The summed E-state index contributed by atoms with van der Waals surface area (Å²) in [5.41, 5.74) is 1.18. The zero-order chi connectivity index (χ0) is 28.7. The molecule has 8 nitrogen and oxygen atoms in total. The lowest BCUT2D eigenvalue weighted by atomic mass is 9.98. The lowest BCUT2D eigenvalue weighted by molar-refractivity contribution is 0.0969. The molecule has 3 heterocycles. The maximum absolute atomic E-state index is 13.9. The van der Waals surface area contributed by atoms with Gasteiger partial charge in [0.25, 0.3) is 5.91 Å². The van der Waals surface area contributed by atoms with Crippen LogP contribution in [0.3, 0.4) is 0 Å². The molecule has 10 heteroatoms. The van der Waals surface area contributed by atoms with Crippen LogP contribution in [0, 0.1) is 12.8 Å². The molecule has 1 atom stereocenters. The highest BCUT2D eigenvalue weighted by Crippen LogP contribution is 2.45. The highest BCUT2D eigenvalue weighted by Gasteiger charge is 2.45. The van der Waals surface area contributed by atoms with Crippen molar-refractivity contribution in [3.8, 4) is 11.5 Å². The Bertz CT molecular complexity index is 1690. The zero-order valence-electron chi connectivity index (χ0n) is 22.9. The third kappa shape index (κ3) is 4.99. The first-order chi connectivity index (χ1) is 19.1. The summed E-state index contributed by atoms with van der Waals surface area (Å²) in [7, 11) is 0. The van der Waals surface area contributed by atoms with Gasteiger partial charge in [-0.25, -0.2) is 4.98 Å². The summed E-state index contributed by atoms with van der Waals surface area (Å²) >= 11 is 7.31. The van der Waals surface area contributed by atoms with Crippen LogP contribution in [0.25, 0.3) is 11.0 Å². The first-order valence-electron chi connectivity index (χ1n) is 13.1. The molecule has 1 amide bonds. The van der Waals surface area contributed by atoms with Crippen LogP contribution in [-0.2, 0) is 0 Å². The second kappa shape index (κ2) is 11.1. The number of ketones is 1. The van der Waals surface area contributed by atoms with Crippen molar-refractivity contribution in [3.63, 3.8) is 0 Å². The van der Waals surface area contributed by atoms with E-state index in [1.165, 1.54) is 17.9 Å². The lowest BCUT2D eigenvalue weighted by Crippen LogP contribution is -2.29. The van der Waals surface area contributed by atoms with Crippen LogP contribution in [0.15, 0.2) is 45.6 Å². The van der Waals surface area contributed by atoms with Gasteiger partial charge in [-0.05, 0) is 62.1 Å². The first kappa shape index (κ1) is 27.9. The van der Waals surface area contributed by atoms with Crippen LogP contribution in [0.5, 0.6) is 11.5 Å². The Morgan fingerprint density at radius 3 is 2.60 bits per heavy atom. The second-order valence-electron chi connectivity index (χ2n) is 10.0. The van der Waals surface area contributed by atoms with Crippen LogP contribution < -0.4 is 19.8 Å². The van der Waals surface area contributed by atoms with Crippen molar-refractivity contribution >= 4 is 50.7 Å². The molecule has 0 N–H and O–H groups in total. The summed E-state index contributed by atoms with van der Waals surface area (Å²) in [6.07, 6.45) is 0.879. The Labute approximate surface area is 240 Å². The molecule has 2 aromatic carbocycles. The molecule has 0 saturated heterocycles. The fourth-order valence-corrected chi connectivity index (χ4v) is 5.92. The number of fused-ring (bicyclic) bond motifs is 2. The SMILES string of the molecule is CCOc1cc(C2c3c(oc4ccc(Cl)cc4c3=O)C(=O)N2c2nc(C)c(C(C)=O)s2)ccc1OCCC(C)C. The van der Waals surface area contributed by atoms with Gasteiger partial charge in [0.2, 0.25) is 5.76 Å². The number of carbonyl (C=O) groups is 2. The lowest BCUT2D eigenvalue weighted by Gasteiger charge is -2.23. The molecule has 0 bridgehead atoms. The van der Waals surface area contributed by atoms with Gasteiger partial charge in [0.15, 0.2) is 27.8 Å². The molecule has 5 rings (SSSR count). The van der Waals surface area contributed by atoms with E-state index < -0.39 is 11.9 Å². The smallest absolute Gasteiger partial charge is 0.297 e. The number of rotatable bonds is 9. The number of nitrogens with zero attached hydrogens (tertiary/aromatic N) is 2. The molecule has 4 aromatic rings. The van der Waals surface area contributed by atoms with E-state index in [0.29, 0.717) is 56.9 Å². The number of aromatic nitrogens is 1. The van der Waals surface area contributed by atoms with E-state index in [0.717, 1.165) is 17.8 Å². The molecule has 1 aliphatic heterocycles. The minimum absolute atomic E-state index is 0.0720. The van der Waals surface area contributed by atoms with Gasteiger partial charge in [0.1, 0.15) is 5.58 Å². The summed E-state index contributed by atoms with van der Waals surface area (Å²) in [4.78, 5) is 46.5. The Hall–Kier alpha value is -3.69. The fourth-order valence-electron chi connectivity index (χ4n) is 4.76. The first-order valence-corrected chi connectivity index (χ1v) is 14.3. The Morgan fingerprint density at radius 1 is 1.15 bits per heavy atom. The van der Waals surface area contributed by atoms with Gasteiger partial charge in [-0.1, -0.05) is 42.9 Å². The maximum atomic E-state index is 13.9. The second-order valence-corrected chi connectivity index (χ2v) is 11.4. The van der Waals surface area contributed by atoms with Crippen LogP contribution in [0.4, 0.5) is 5.13 Å². The van der Waals surface area contributed by atoms with E-state index in [1.54, 1.807) is 37.3 Å². The molecule has 208 valence electrons. The van der Waals surface area contributed by atoms with Crippen LogP contribution in [0.1, 0.15) is 77.2 Å². The van der Waals surface area contributed by atoms with Crippen molar-refractivity contribution in [2.45, 2.75) is 47.1 Å². The number of thiazole rings is 1. The number of Topliss-reactive ketones (excluding diaryl/α,β-unsaturated/α-hetero) is 1. The molecule has 0 spiro atoms. The summed E-state index contributed by atoms with van der Waals surface area (Å²) in [5.74, 6) is 0.804. The van der Waals surface area contributed by atoms with Crippen LogP contribution in [-0.4, -0.2) is 29.9 Å². The van der Waals surface area contributed by atoms with E-state index >= 15 is 0 Å².